The molecule has 1 N–H and O–H groups in total. The summed E-state index contributed by atoms with van der Waals surface area (Å²) >= 11 is 5.97. The number of carboxylic acid groups (broad SMARTS) is 1. The number of pyridine rings is 1. The van der Waals surface area contributed by atoms with Gasteiger partial charge in [0, 0.05) is 11.8 Å². The number of hydrogen-bond donors (Lipinski definition) is 1. The third kappa shape index (κ3) is 3.87. The number of nitrogens with zero attached hydrogens (tertiary/aromatic N) is 1. The van der Waals surface area contributed by atoms with Crippen LogP contribution < -0.4 is 0 Å². The SMILES string of the molecule is Cc1ccc(S(=O)(=O)OCc2c(Cl)cnc(C(=O)O)c2C)cc1. The Morgan fingerprint density at radius 1 is 1.26 bits per heavy atom. The first-order valence-corrected chi connectivity index (χ1v) is 8.34. The fourth-order valence-electron chi connectivity index (χ4n) is 1.92. The summed E-state index contributed by atoms with van der Waals surface area (Å²) in [7, 11) is -3.97. The van der Waals surface area contributed by atoms with E-state index in [4.69, 9.17) is 20.9 Å². The lowest BCUT2D eigenvalue weighted by atomic mass is 10.1. The van der Waals surface area contributed by atoms with Gasteiger partial charge in [-0.3, -0.25) is 4.18 Å². The first-order valence-electron chi connectivity index (χ1n) is 6.55. The molecule has 1 aromatic heterocycles. The predicted octanol–water partition coefficient (Wildman–Crippen LogP) is 2.96. The average molecular weight is 356 g/mol. The zero-order valence-electron chi connectivity index (χ0n) is 12.4. The second-order valence-corrected chi connectivity index (χ2v) is 6.92. The lowest BCUT2D eigenvalue weighted by Gasteiger charge is -2.11. The summed E-state index contributed by atoms with van der Waals surface area (Å²) in [5, 5.41) is 9.19. The molecule has 0 saturated heterocycles. The van der Waals surface area contributed by atoms with Crippen LogP contribution in [-0.4, -0.2) is 24.5 Å². The van der Waals surface area contributed by atoms with Crippen molar-refractivity contribution in [2.45, 2.75) is 25.3 Å². The molecule has 0 bridgehead atoms. The molecule has 0 unspecified atom stereocenters. The van der Waals surface area contributed by atoms with E-state index in [1.165, 1.54) is 19.1 Å². The maximum atomic E-state index is 12.2. The van der Waals surface area contributed by atoms with E-state index in [2.05, 4.69) is 4.98 Å². The van der Waals surface area contributed by atoms with Crippen LogP contribution in [-0.2, 0) is 20.9 Å². The molecule has 0 aliphatic heterocycles. The van der Waals surface area contributed by atoms with Crippen molar-refractivity contribution in [1.82, 2.24) is 4.98 Å². The van der Waals surface area contributed by atoms with E-state index in [9.17, 15) is 13.2 Å². The summed E-state index contributed by atoms with van der Waals surface area (Å²) in [6.07, 6.45) is 1.16. The minimum absolute atomic E-state index is 0.0180. The molecule has 0 aliphatic rings. The van der Waals surface area contributed by atoms with Gasteiger partial charge in [-0.1, -0.05) is 29.3 Å². The first-order chi connectivity index (χ1) is 10.7. The predicted molar refractivity (Wildman–Crippen MR) is 84.1 cm³/mol. The van der Waals surface area contributed by atoms with E-state index in [1.807, 2.05) is 6.92 Å². The van der Waals surface area contributed by atoms with Crippen molar-refractivity contribution >= 4 is 27.7 Å². The van der Waals surface area contributed by atoms with E-state index in [0.717, 1.165) is 11.8 Å². The number of halogens is 1. The van der Waals surface area contributed by atoms with E-state index in [-0.39, 0.29) is 33.3 Å². The highest BCUT2D eigenvalue weighted by atomic mass is 35.5. The molecule has 0 amide bonds. The standard InChI is InChI=1S/C15H14ClNO5S/c1-9-3-5-11(6-4-9)23(20,21)22-8-12-10(2)14(15(18)19)17-7-13(12)16/h3-7H,8H2,1-2H3,(H,18,19). The number of carbonyl (C=O) groups is 1. The van der Waals surface area contributed by atoms with Crippen LogP contribution in [0.2, 0.25) is 5.02 Å². The monoisotopic (exact) mass is 355 g/mol. The van der Waals surface area contributed by atoms with Gasteiger partial charge in [0.05, 0.1) is 16.5 Å². The Morgan fingerprint density at radius 2 is 1.87 bits per heavy atom. The first kappa shape index (κ1) is 17.4. The summed E-state index contributed by atoms with van der Waals surface area (Å²) in [5.74, 6) is -1.22. The van der Waals surface area contributed by atoms with Crippen molar-refractivity contribution in [3.8, 4) is 0 Å². The van der Waals surface area contributed by atoms with Gasteiger partial charge in [-0.05, 0) is 31.5 Å². The highest BCUT2D eigenvalue weighted by Gasteiger charge is 2.20. The summed E-state index contributed by atoms with van der Waals surface area (Å²) in [6.45, 7) is 2.97. The molecule has 0 aliphatic carbocycles. The number of aryl methyl sites for hydroxylation is 1. The maximum Gasteiger partial charge on any atom is 0.354 e. The van der Waals surface area contributed by atoms with Crippen LogP contribution in [0.25, 0.3) is 0 Å². The highest BCUT2D eigenvalue weighted by Crippen LogP contribution is 2.24. The largest absolute Gasteiger partial charge is 0.477 e. The molecule has 0 saturated carbocycles. The number of aromatic nitrogens is 1. The van der Waals surface area contributed by atoms with Crippen LogP contribution >= 0.6 is 11.6 Å². The van der Waals surface area contributed by atoms with Crippen molar-refractivity contribution in [3.63, 3.8) is 0 Å². The van der Waals surface area contributed by atoms with E-state index >= 15 is 0 Å². The number of carboxylic acids is 1. The summed E-state index contributed by atoms with van der Waals surface area (Å²) in [5.41, 5.74) is 1.27. The zero-order valence-corrected chi connectivity index (χ0v) is 14.0. The number of aromatic carboxylic acids is 1. The van der Waals surface area contributed by atoms with Crippen molar-refractivity contribution in [2.75, 3.05) is 0 Å². The maximum absolute atomic E-state index is 12.2. The molecule has 6 nitrogen and oxygen atoms in total. The van der Waals surface area contributed by atoms with Gasteiger partial charge in [-0.15, -0.1) is 0 Å². The molecule has 122 valence electrons. The summed E-state index contributed by atoms with van der Waals surface area (Å²) in [4.78, 5) is 14.8. The normalized spacial score (nSPS) is 11.4. The van der Waals surface area contributed by atoms with Gasteiger partial charge >= 0.3 is 5.97 Å². The lowest BCUT2D eigenvalue weighted by Crippen LogP contribution is -2.11. The molecule has 0 spiro atoms. The molecule has 1 heterocycles. The molecule has 0 fully saturated rings. The second-order valence-electron chi connectivity index (χ2n) is 4.89. The van der Waals surface area contributed by atoms with Gasteiger partial charge in [-0.2, -0.15) is 8.42 Å². The molecule has 0 atom stereocenters. The van der Waals surface area contributed by atoms with Gasteiger partial charge in [0.1, 0.15) is 0 Å². The summed E-state index contributed by atoms with van der Waals surface area (Å²) in [6, 6.07) is 6.19. The van der Waals surface area contributed by atoms with Crippen molar-refractivity contribution < 1.29 is 22.5 Å². The topological polar surface area (TPSA) is 93.6 Å². The highest BCUT2D eigenvalue weighted by molar-refractivity contribution is 7.86. The van der Waals surface area contributed by atoms with Crippen LogP contribution in [0.4, 0.5) is 0 Å². The quantitative estimate of drug-likeness (QED) is 0.829. The number of hydrogen-bond acceptors (Lipinski definition) is 5. The molecule has 2 aromatic rings. The molecule has 2 rings (SSSR count). The zero-order chi connectivity index (χ0) is 17.2. The van der Waals surface area contributed by atoms with Crippen molar-refractivity contribution in [1.29, 1.82) is 0 Å². The Hall–Kier alpha value is -1.96. The van der Waals surface area contributed by atoms with Crippen molar-refractivity contribution in [3.05, 3.63) is 57.9 Å². The minimum atomic E-state index is -3.97. The molecule has 8 heteroatoms. The molecule has 1 aromatic carbocycles. The number of benzene rings is 1. The van der Waals surface area contributed by atoms with E-state index in [0.29, 0.717) is 0 Å². The van der Waals surface area contributed by atoms with Crippen LogP contribution in [0.3, 0.4) is 0 Å². The fourth-order valence-corrected chi connectivity index (χ4v) is 3.04. The minimum Gasteiger partial charge on any atom is -0.477 e. The lowest BCUT2D eigenvalue weighted by molar-refractivity contribution is 0.0689. The average Bonchev–Trinajstić information content (AvgIpc) is 2.47. The Labute approximate surface area is 138 Å². The van der Waals surface area contributed by atoms with Gasteiger partial charge in [0.2, 0.25) is 0 Å². The van der Waals surface area contributed by atoms with Crippen LogP contribution in [0.5, 0.6) is 0 Å². The third-order valence-electron chi connectivity index (χ3n) is 3.27. The molecule has 0 radical (unpaired) electrons. The van der Waals surface area contributed by atoms with Gasteiger partial charge in [-0.25, -0.2) is 9.78 Å². The Bertz CT molecular complexity index is 847. The fraction of sp³-hybridized carbons (Fsp3) is 0.200. The molecular weight excluding hydrogens is 342 g/mol. The van der Waals surface area contributed by atoms with Gasteiger partial charge in [0.15, 0.2) is 5.69 Å². The summed E-state index contributed by atoms with van der Waals surface area (Å²) < 4.78 is 29.3. The Morgan fingerprint density at radius 3 is 2.43 bits per heavy atom. The van der Waals surface area contributed by atoms with Crippen molar-refractivity contribution in [2.24, 2.45) is 0 Å². The van der Waals surface area contributed by atoms with E-state index in [1.54, 1.807) is 12.1 Å². The van der Waals surface area contributed by atoms with Crippen LogP contribution in [0.15, 0.2) is 35.4 Å². The Balaban J connectivity index is 2.28. The van der Waals surface area contributed by atoms with Gasteiger partial charge < -0.3 is 5.11 Å². The van der Waals surface area contributed by atoms with Crippen LogP contribution in [0.1, 0.15) is 27.2 Å². The van der Waals surface area contributed by atoms with Gasteiger partial charge in [0.25, 0.3) is 10.1 Å². The molecular formula is C15H14ClNO5S. The second kappa shape index (κ2) is 6.66. The third-order valence-corrected chi connectivity index (χ3v) is 4.88. The molecule has 23 heavy (non-hydrogen) atoms. The van der Waals surface area contributed by atoms with Crippen LogP contribution in [0, 0.1) is 13.8 Å². The Kier molecular flexibility index (Phi) is 5.03. The number of rotatable bonds is 5. The smallest absolute Gasteiger partial charge is 0.354 e. The van der Waals surface area contributed by atoms with E-state index < -0.39 is 16.1 Å².